The van der Waals surface area contributed by atoms with E-state index in [4.69, 9.17) is 5.10 Å². The number of hydrogen-bond acceptors (Lipinski definition) is 2. The average Bonchev–Trinajstić information content (AvgIpc) is 3.18. The molecule has 3 nitrogen and oxygen atoms in total. The van der Waals surface area contributed by atoms with E-state index in [0.717, 1.165) is 31.0 Å². The fraction of sp³-hybridized carbons (Fsp3) is 0.588. The van der Waals surface area contributed by atoms with Gasteiger partial charge in [0.1, 0.15) is 0 Å². The van der Waals surface area contributed by atoms with E-state index in [1.54, 1.807) is 0 Å². The summed E-state index contributed by atoms with van der Waals surface area (Å²) in [5, 5.41) is 9.88. The Morgan fingerprint density at radius 2 is 2.15 bits per heavy atom. The minimum Gasteiger partial charge on any atom is -0.308 e. The lowest BCUT2D eigenvalue weighted by Gasteiger charge is -2.22. The molecule has 2 aromatic rings. The number of aromatic nitrogens is 2. The van der Waals surface area contributed by atoms with Crippen LogP contribution in [0.3, 0.4) is 0 Å². The largest absolute Gasteiger partial charge is 0.308 e. The van der Waals surface area contributed by atoms with Crippen LogP contribution < -0.4 is 5.32 Å². The summed E-state index contributed by atoms with van der Waals surface area (Å²) in [7, 11) is 0. The third-order valence-electron chi connectivity index (χ3n) is 5.30. The predicted molar refractivity (Wildman–Crippen MR) is 81.5 cm³/mol. The number of fused-ring (bicyclic) bond motifs is 3. The Labute approximate surface area is 120 Å². The van der Waals surface area contributed by atoms with Gasteiger partial charge in [-0.15, -0.1) is 0 Å². The van der Waals surface area contributed by atoms with Crippen molar-refractivity contribution in [2.75, 3.05) is 0 Å². The molecule has 2 bridgehead atoms. The first-order chi connectivity index (χ1) is 9.85. The van der Waals surface area contributed by atoms with Crippen molar-refractivity contribution in [1.82, 2.24) is 15.1 Å². The second kappa shape index (κ2) is 4.88. The van der Waals surface area contributed by atoms with Gasteiger partial charge in [-0.05, 0) is 44.1 Å². The molecule has 3 heteroatoms. The van der Waals surface area contributed by atoms with Crippen LogP contribution in [0, 0.1) is 11.8 Å². The van der Waals surface area contributed by atoms with E-state index in [-0.39, 0.29) is 0 Å². The summed E-state index contributed by atoms with van der Waals surface area (Å²) >= 11 is 0. The normalized spacial score (nSPS) is 28.6. The van der Waals surface area contributed by atoms with E-state index in [9.17, 15) is 0 Å². The summed E-state index contributed by atoms with van der Waals surface area (Å²) < 4.78 is 2.12. The predicted octanol–water partition coefficient (Wildman–Crippen LogP) is 3.33. The lowest BCUT2D eigenvalue weighted by molar-refractivity contribution is 0.349. The fourth-order valence-corrected chi connectivity index (χ4v) is 4.29. The van der Waals surface area contributed by atoms with E-state index in [2.05, 4.69) is 41.2 Å². The van der Waals surface area contributed by atoms with Gasteiger partial charge in [-0.3, -0.25) is 4.68 Å². The quantitative estimate of drug-likeness (QED) is 0.922. The second-order valence-electron chi connectivity index (χ2n) is 6.44. The number of hydrogen-bond donors (Lipinski definition) is 1. The number of nitrogens with zero attached hydrogens (tertiary/aromatic N) is 2. The van der Waals surface area contributed by atoms with Crippen LogP contribution in [0.1, 0.15) is 38.3 Å². The molecular formula is C17H23N3. The highest BCUT2D eigenvalue weighted by Crippen LogP contribution is 2.44. The van der Waals surface area contributed by atoms with E-state index in [0.29, 0.717) is 0 Å². The van der Waals surface area contributed by atoms with Crippen molar-refractivity contribution in [3.8, 4) is 0 Å². The van der Waals surface area contributed by atoms with Gasteiger partial charge in [0.25, 0.3) is 0 Å². The lowest BCUT2D eigenvalue weighted by atomic mass is 9.95. The van der Waals surface area contributed by atoms with Crippen LogP contribution in [0.2, 0.25) is 0 Å². The first kappa shape index (κ1) is 12.4. The Bertz CT molecular complexity index is 616. The summed E-state index contributed by atoms with van der Waals surface area (Å²) in [6.07, 6.45) is 5.75. The van der Waals surface area contributed by atoms with Gasteiger partial charge in [-0.1, -0.05) is 24.6 Å². The molecule has 4 rings (SSSR count). The topological polar surface area (TPSA) is 29.9 Å². The molecule has 0 spiro atoms. The summed E-state index contributed by atoms with van der Waals surface area (Å²) in [5.41, 5.74) is 2.48. The van der Waals surface area contributed by atoms with E-state index in [1.807, 2.05) is 0 Å². The summed E-state index contributed by atoms with van der Waals surface area (Å²) in [6, 6.07) is 9.33. The molecular weight excluding hydrogens is 246 g/mol. The highest BCUT2D eigenvalue weighted by atomic mass is 15.3. The SMILES string of the molecule is CCn1nc(CNC2CC3CCC2C3)c2ccccc21. The smallest absolute Gasteiger partial charge is 0.0841 e. The number of benzene rings is 1. The van der Waals surface area contributed by atoms with E-state index >= 15 is 0 Å². The Morgan fingerprint density at radius 3 is 2.90 bits per heavy atom. The fourth-order valence-electron chi connectivity index (χ4n) is 4.29. The Balaban J connectivity index is 1.54. The highest BCUT2D eigenvalue weighted by Gasteiger charge is 2.39. The molecule has 0 amide bonds. The molecule has 0 aliphatic heterocycles. The summed E-state index contributed by atoms with van der Waals surface area (Å²) in [6.45, 7) is 4.02. The van der Waals surface area contributed by atoms with Gasteiger partial charge in [0, 0.05) is 24.5 Å². The van der Waals surface area contributed by atoms with Gasteiger partial charge < -0.3 is 5.32 Å². The number of rotatable bonds is 4. The number of para-hydroxylation sites is 1. The highest BCUT2D eigenvalue weighted by molar-refractivity contribution is 5.81. The maximum absolute atomic E-state index is 4.79. The van der Waals surface area contributed by atoms with Gasteiger partial charge in [0.15, 0.2) is 0 Å². The van der Waals surface area contributed by atoms with Crippen LogP contribution >= 0.6 is 0 Å². The molecule has 0 saturated heterocycles. The van der Waals surface area contributed by atoms with Crippen molar-refractivity contribution in [1.29, 1.82) is 0 Å². The Hall–Kier alpha value is -1.35. The number of aryl methyl sites for hydroxylation is 1. The average molecular weight is 269 g/mol. The molecule has 2 aliphatic rings. The maximum Gasteiger partial charge on any atom is 0.0841 e. The minimum atomic E-state index is 0.735. The van der Waals surface area contributed by atoms with Crippen molar-refractivity contribution in [3.05, 3.63) is 30.0 Å². The molecule has 1 aromatic carbocycles. The van der Waals surface area contributed by atoms with Gasteiger partial charge in [-0.2, -0.15) is 5.10 Å². The minimum absolute atomic E-state index is 0.735. The molecule has 106 valence electrons. The first-order valence-corrected chi connectivity index (χ1v) is 8.03. The summed E-state index contributed by atoms with van der Waals surface area (Å²) in [4.78, 5) is 0. The molecule has 0 radical (unpaired) electrons. The Kier molecular flexibility index (Phi) is 3.03. The standard InChI is InChI=1S/C17H23N3/c1-2-20-17-6-4-3-5-14(17)16(19-20)11-18-15-10-12-7-8-13(15)9-12/h3-6,12-13,15,18H,2,7-11H2,1H3. The van der Waals surface area contributed by atoms with Gasteiger partial charge in [0.05, 0.1) is 11.2 Å². The Morgan fingerprint density at radius 1 is 1.25 bits per heavy atom. The van der Waals surface area contributed by atoms with Crippen LogP contribution in [0.25, 0.3) is 10.9 Å². The van der Waals surface area contributed by atoms with E-state index < -0.39 is 0 Å². The van der Waals surface area contributed by atoms with Crippen molar-refractivity contribution in [2.24, 2.45) is 11.8 Å². The zero-order valence-electron chi connectivity index (χ0n) is 12.2. The summed E-state index contributed by atoms with van der Waals surface area (Å²) in [5.74, 6) is 1.93. The molecule has 2 fully saturated rings. The zero-order valence-corrected chi connectivity index (χ0v) is 12.2. The van der Waals surface area contributed by atoms with Gasteiger partial charge in [0.2, 0.25) is 0 Å². The maximum atomic E-state index is 4.79. The third-order valence-corrected chi connectivity index (χ3v) is 5.30. The third kappa shape index (κ3) is 1.96. The second-order valence-corrected chi connectivity index (χ2v) is 6.44. The van der Waals surface area contributed by atoms with Gasteiger partial charge in [-0.25, -0.2) is 0 Å². The van der Waals surface area contributed by atoms with Crippen LogP contribution in [-0.4, -0.2) is 15.8 Å². The monoisotopic (exact) mass is 269 g/mol. The molecule has 1 heterocycles. The van der Waals surface area contributed by atoms with Gasteiger partial charge >= 0.3 is 0 Å². The van der Waals surface area contributed by atoms with Crippen LogP contribution in [0.4, 0.5) is 0 Å². The van der Waals surface area contributed by atoms with Crippen molar-refractivity contribution >= 4 is 10.9 Å². The molecule has 2 saturated carbocycles. The van der Waals surface area contributed by atoms with Crippen LogP contribution in [0.15, 0.2) is 24.3 Å². The van der Waals surface area contributed by atoms with Crippen molar-refractivity contribution in [3.63, 3.8) is 0 Å². The molecule has 2 aliphatic carbocycles. The molecule has 1 N–H and O–H groups in total. The lowest BCUT2D eigenvalue weighted by Crippen LogP contribution is -2.33. The molecule has 3 unspecified atom stereocenters. The molecule has 3 atom stereocenters. The van der Waals surface area contributed by atoms with Crippen LogP contribution in [-0.2, 0) is 13.1 Å². The van der Waals surface area contributed by atoms with Crippen molar-refractivity contribution < 1.29 is 0 Å². The zero-order chi connectivity index (χ0) is 13.5. The number of nitrogens with one attached hydrogen (secondary N) is 1. The van der Waals surface area contributed by atoms with E-state index in [1.165, 1.54) is 42.3 Å². The van der Waals surface area contributed by atoms with Crippen molar-refractivity contribution in [2.45, 2.75) is 51.7 Å². The first-order valence-electron chi connectivity index (χ1n) is 8.03. The van der Waals surface area contributed by atoms with Crippen LogP contribution in [0.5, 0.6) is 0 Å². The molecule has 1 aromatic heterocycles. The molecule has 20 heavy (non-hydrogen) atoms.